The molecular weight excluding hydrogens is 403 g/mol. The van der Waals surface area contributed by atoms with Crippen molar-refractivity contribution in [3.8, 4) is 0 Å². The van der Waals surface area contributed by atoms with Crippen LogP contribution in [0.4, 0.5) is 0 Å². The first-order chi connectivity index (χ1) is 13.3. The number of aromatic nitrogens is 2. The third-order valence-electron chi connectivity index (χ3n) is 5.91. The van der Waals surface area contributed by atoms with Crippen LogP contribution in [0.5, 0.6) is 0 Å². The van der Waals surface area contributed by atoms with Crippen LogP contribution in [-0.2, 0) is 9.09 Å². The van der Waals surface area contributed by atoms with Gasteiger partial charge in [0.05, 0.1) is 17.7 Å². The molecule has 5 N–H and O–H groups in total. The van der Waals surface area contributed by atoms with Crippen LogP contribution in [0.3, 0.4) is 0 Å². The molecule has 0 aliphatic heterocycles. The van der Waals surface area contributed by atoms with E-state index in [1.807, 2.05) is 0 Å². The summed E-state index contributed by atoms with van der Waals surface area (Å²) in [6.07, 6.45) is -0.153. The quantitative estimate of drug-likeness (QED) is 0.373. The number of H-pyrrole nitrogens is 1. The Morgan fingerprint density at radius 1 is 1.24 bits per heavy atom. The first-order valence-corrected chi connectivity index (χ1v) is 11.3. The molecular formula is C18H31N2O8P. The normalized spacial score (nSPS) is 27.7. The van der Waals surface area contributed by atoms with Crippen LogP contribution in [0.1, 0.15) is 59.4 Å². The zero-order chi connectivity index (χ0) is 22.2. The van der Waals surface area contributed by atoms with Crippen LogP contribution < -0.4 is 11.2 Å². The smallest absolute Gasteiger partial charge is 0.359 e. The van der Waals surface area contributed by atoms with Gasteiger partial charge in [0.1, 0.15) is 6.10 Å². The van der Waals surface area contributed by atoms with Crippen molar-refractivity contribution in [1.29, 1.82) is 0 Å². The number of aliphatic hydroxyl groups is 3. The molecule has 1 fully saturated rings. The highest BCUT2D eigenvalue weighted by Crippen LogP contribution is 2.58. The molecule has 1 aliphatic rings. The number of nitrogens with zero attached hydrogens (tertiary/aromatic N) is 1. The zero-order valence-electron chi connectivity index (χ0n) is 17.1. The van der Waals surface area contributed by atoms with Crippen LogP contribution in [0, 0.1) is 5.92 Å². The second-order valence-electron chi connectivity index (χ2n) is 8.26. The summed E-state index contributed by atoms with van der Waals surface area (Å²) in [6, 6.07) is 0.394. The lowest BCUT2D eigenvalue weighted by molar-refractivity contribution is -0.0336. The van der Waals surface area contributed by atoms with E-state index < -0.39 is 54.0 Å². The van der Waals surface area contributed by atoms with Gasteiger partial charge in [-0.3, -0.25) is 18.9 Å². The summed E-state index contributed by atoms with van der Waals surface area (Å²) in [5.41, 5.74) is -2.36. The highest BCUT2D eigenvalue weighted by Gasteiger charge is 2.50. The Balaban J connectivity index is 2.29. The van der Waals surface area contributed by atoms with Crippen LogP contribution in [0.15, 0.2) is 21.9 Å². The van der Waals surface area contributed by atoms with Gasteiger partial charge in [-0.15, -0.1) is 0 Å². The largest absolute Gasteiger partial charge is 0.390 e. The van der Waals surface area contributed by atoms with Gasteiger partial charge in [-0.2, -0.15) is 0 Å². The van der Waals surface area contributed by atoms with Crippen molar-refractivity contribution in [2.75, 3.05) is 0 Å². The lowest BCUT2D eigenvalue weighted by Gasteiger charge is -2.39. The molecule has 11 heteroatoms. The number of aliphatic hydroxyl groups excluding tert-OH is 2. The summed E-state index contributed by atoms with van der Waals surface area (Å²) in [5, 5.41) is 29.1. The SMILES string of the molecule is CCC(CC)(C[C@H]1C[C@@H](n2ccc(=O)[nH]c2=O)[C@H](O)[C@@H]1O)OP(=O)(O)C(C)(C)O. The molecule has 1 heterocycles. The average Bonchev–Trinajstić information content (AvgIpc) is 2.88. The minimum Gasteiger partial charge on any atom is -0.390 e. The molecule has 0 bridgehead atoms. The minimum absolute atomic E-state index is 0.146. The van der Waals surface area contributed by atoms with E-state index in [0.29, 0.717) is 12.8 Å². The van der Waals surface area contributed by atoms with E-state index in [4.69, 9.17) is 4.52 Å². The Hall–Kier alpha value is -1.29. The van der Waals surface area contributed by atoms with Gasteiger partial charge < -0.3 is 24.7 Å². The Morgan fingerprint density at radius 3 is 2.31 bits per heavy atom. The Bertz CT molecular complexity index is 870. The summed E-state index contributed by atoms with van der Waals surface area (Å²) in [5.74, 6) is -0.532. The van der Waals surface area contributed by atoms with Crippen LogP contribution in [0.25, 0.3) is 0 Å². The van der Waals surface area contributed by atoms with E-state index >= 15 is 0 Å². The third-order valence-corrected chi connectivity index (χ3v) is 7.93. The monoisotopic (exact) mass is 434 g/mol. The third kappa shape index (κ3) is 4.90. The Labute approximate surface area is 168 Å². The average molecular weight is 434 g/mol. The van der Waals surface area contributed by atoms with Crippen molar-refractivity contribution >= 4 is 7.60 Å². The molecule has 0 saturated heterocycles. The van der Waals surface area contributed by atoms with E-state index in [9.17, 15) is 34.4 Å². The lowest BCUT2D eigenvalue weighted by atomic mass is 9.84. The van der Waals surface area contributed by atoms with Crippen molar-refractivity contribution in [2.24, 2.45) is 5.92 Å². The fourth-order valence-electron chi connectivity index (χ4n) is 3.82. The van der Waals surface area contributed by atoms with Gasteiger partial charge in [-0.05, 0) is 45.4 Å². The summed E-state index contributed by atoms with van der Waals surface area (Å²) in [7, 11) is -4.39. The fourth-order valence-corrected chi connectivity index (χ4v) is 4.90. The molecule has 1 aromatic rings. The molecule has 5 atom stereocenters. The molecule has 0 spiro atoms. The van der Waals surface area contributed by atoms with Crippen molar-refractivity contribution in [2.45, 2.75) is 82.6 Å². The van der Waals surface area contributed by atoms with Crippen LogP contribution in [-0.4, -0.2) is 52.9 Å². The lowest BCUT2D eigenvalue weighted by Crippen LogP contribution is -2.39. The highest BCUT2D eigenvalue weighted by molar-refractivity contribution is 7.54. The minimum atomic E-state index is -4.39. The van der Waals surface area contributed by atoms with E-state index in [2.05, 4.69) is 4.98 Å². The van der Waals surface area contributed by atoms with Gasteiger partial charge in [-0.1, -0.05) is 13.8 Å². The fraction of sp³-hybridized carbons (Fsp3) is 0.778. The van der Waals surface area contributed by atoms with Gasteiger partial charge >= 0.3 is 13.3 Å². The van der Waals surface area contributed by atoms with Crippen LogP contribution >= 0.6 is 7.60 Å². The molecule has 0 radical (unpaired) electrons. The van der Waals surface area contributed by atoms with Crippen molar-refractivity contribution in [1.82, 2.24) is 9.55 Å². The Kier molecular flexibility index (Phi) is 6.99. The van der Waals surface area contributed by atoms with Gasteiger partial charge in [0.15, 0.2) is 5.34 Å². The van der Waals surface area contributed by atoms with Gasteiger partial charge in [-0.25, -0.2) is 4.79 Å². The van der Waals surface area contributed by atoms with E-state index in [1.165, 1.54) is 24.6 Å². The van der Waals surface area contributed by atoms with E-state index in [0.717, 1.165) is 6.07 Å². The van der Waals surface area contributed by atoms with E-state index in [-0.39, 0.29) is 12.8 Å². The summed E-state index contributed by atoms with van der Waals surface area (Å²) < 4.78 is 19.3. The molecule has 10 nitrogen and oxygen atoms in total. The molecule has 1 aliphatic carbocycles. The second kappa shape index (κ2) is 8.45. The summed E-state index contributed by atoms with van der Waals surface area (Å²) >= 11 is 0. The van der Waals surface area contributed by atoms with Crippen molar-refractivity contribution in [3.63, 3.8) is 0 Å². The molecule has 1 unspecified atom stereocenters. The number of nitrogens with one attached hydrogen (secondary N) is 1. The zero-order valence-corrected chi connectivity index (χ0v) is 18.0. The van der Waals surface area contributed by atoms with Gasteiger partial charge in [0.2, 0.25) is 0 Å². The van der Waals surface area contributed by atoms with E-state index in [1.54, 1.807) is 13.8 Å². The predicted octanol–water partition coefficient (Wildman–Crippen LogP) is 0.699. The van der Waals surface area contributed by atoms with Gasteiger partial charge in [0, 0.05) is 12.3 Å². The predicted molar refractivity (Wildman–Crippen MR) is 106 cm³/mol. The van der Waals surface area contributed by atoms with Crippen molar-refractivity contribution in [3.05, 3.63) is 33.1 Å². The maximum absolute atomic E-state index is 12.5. The highest BCUT2D eigenvalue weighted by atomic mass is 31.2. The van der Waals surface area contributed by atoms with Gasteiger partial charge in [0.25, 0.3) is 5.56 Å². The topological polar surface area (TPSA) is 162 Å². The number of hydrogen-bond acceptors (Lipinski definition) is 7. The van der Waals surface area contributed by atoms with Crippen LogP contribution in [0.2, 0.25) is 0 Å². The molecule has 1 aromatic heterocycles. The first-order valence-electron chi connectivity index (χ1n) is 9.70. The molecule has 29 heavy (non-hydrogen) atoms. The number of hydrogen-bond donors (Lipinski definition) is 5. The standard InChI is InChI=1S/C18H31N2O8P/c1-5-18(6-2,28-29(26,27)17(3,4)25)10-11-9-12(15(23)14(11)22)20-8-7-13(21)19-16(20)24/h7-8,11-12,14-15,22-23,25H,5-6,9-10H2,1-4H3,(H,26,27)(H,19,21,24)/t11-,12-,14-,15+/m1/s1. The molecule has 1 saturated carbocycles. The summed E-state index contributed by atoms with van der Waals surface area (Å²) in [4.78, 5) is 35.7. The maximum Gasteiger partial charge on any atom is 0.359 e. The summed E-state index contributed by atoms with van der Waals surface area (Å²) in [6.45, 7) is 5.93. The number of rotatable bonds is 8. The second-order valence-corrected chi connectivity index (χ2v) is 10.6. The molecule has 166 valence electrons. The number of aromatic amines is 1. The molecule has 2 rings (SSSR count). The van der Waals surface area contributed by atoms with Crippen molar-refractivity contribution < 1.29 is 29.3 Å². The molecule has 0 amide bonds. The first kappa shape index (κ1) is 24.0. The molecule has 0 aromatic carbocycles. The maximum atomic E-state index is 12.5. The Morgan fingerprint density at radius 2 is 1.83 bits per heavy atom.